The molecule has 0 spiro atoms. The summed E-state index contributed by atoms with van der Waals surface area (Å²) in [5.74, 6) is 1.81. The van der Waals surface area contributed by atoms with E-state index >= 15 is 0 Å². The van der Waals surface area contributed by atoms with Crippen molar-refractivity contribution in [3.63, 3.8) is 0 Å². The molecule has 6 nitrogen and oxygen atoms in total. The molecule has 0 aliphatic heterocycles. The molecular formula is C16H11ClN2O4. The van der Waals surface area contributed by atoms with Crippen LogP contribution >= 0.6 is 11.6 Å². The van der Waals surface area contributed by atoms with E-state index < -0.39 is 0 Å². The van der Waals surface area contributed by atoms with Crippen LogP contribution in [0.1, 0.15) is 11.3 Å². The molecule has 23 heavy (non-hydrogen) atoms. The Morgan fingerprint density at radius 3 is 2.87 bits per heavy atom. The average Bonchev–Trinajstić information content (AvgIpc) is 3.24. The first kappa shape index (κ1) is 15.0. The Bertz CT molecular complexity index is 850. The topological polar surface area (TPSA) is 81.4 Å². The number of furan rings is 1. The van der Waals surface area contributed by atoms with Gasteiger partial charge in [0.1, 0.15) is 12.3 Å². The molecule has 1 aromatic carbocycles. The Hall–Kier alpha value is -2.91. The second-order valence-corrected chi connectivity index (χ2v) is 4.96. The van der Waals surface area contributed by atoms with Gasteiger partial charge in [-0.2, -0.15) is 5.26 Å². The third kappa shape index (κ3) is 3.15. The van der Waals surface area contributed by atoms with Crippen molar-refractivity contribution in [2.75, 3.05) is 7.11 Å². The molecule has 0 saturated heterocycles. The maximum absolute atomic E-state index is 8.94. The number of methoxy groups -OCH3 is 1. The molecule has 0 amide bonds. The molecular weight excluding hydrogens is 320 g/mol. The first-order chi connectivity index (χ1) is 11.2. The zero-order valence-electron chi connectivity index (χ0n) is 12.1. The van der Waals surface area contributed by atoms with E-state index in [4.69, 9.17) is 35.3 Å². The molecule has 0 radical (unpaired) electrons. The summed E-state index contributed by atoms with van der Waals surface area (Å²) in [6.45, 7) is 0.131. The summed E-state index contributed by atoms with van der Waals surface area (Å²) in [5.41, 5.74) is 0.958. The monoisotopic (exact) mass is 330 g/mol. The summed E-state index contributed by atoms with van der Waals surface area (Å²) in [6, 6.07) is 10.3. The molecule has 2 heterocycles. The van der Waals surface area contributed by atoms with Crippen LogP contribution in [0.15, 0.2) is 45.5 Å². The van der Waals surface area contributed by atoms with E-state index in [-0.39, 0.29) is 11.6 Å². The van der Waals surface area contributed by atoms with Gasteiger partial charge in [-0.25, -0.2) is 0 Å². The van der Waals surface area contributed by atoms with Crippen LogP contribution in [0.2, 0.25) is 5.02 Å². The summed E-state index contributed by atoms with van der Waals surface area (Å²) in [4.78, 5) is 0. The summed E-state index contributed by atoms with van der Waals surface area (Å²) in [5, 5.41) is 13.1. The lowest BCUT2D eigenvalue weighted by molar-refractivity contribution is 0.272. The number of benzene rings is 1. The van der Waals surface area contributed by atoms with Crippen LogP contribution < -0.4 is 9.47 Å². The Balaban J connectivity index is 1.77. The second-order valence-electron chi connectivity index (χ2n) is 4.55. The van der Waals surface area contributed by atoms with Crippen LogP contribution in [-0.2, 0) is 6.61 Å². The lowest BCUT2D eigenvalue weighted by atomic mass is 10.2. The van der Waals surface area contributed by atoms with Crippen LogP contribution in [-0.4, -0.2) is 12.3 Å². The van der Waals surface area contributed by atoms with Gasteiger partial charge in [-0.05, 0) is 18.2 Å². The van der Waals surface area contributed by atoms with Gasteiger partial charge in [-0.3, -0.25) is 0 Å². The van der Waals surface area contributed by atoms with Crippen molar-refractivity contribution in [1.29, 1.82) is 5.26 Å². The summed E-state index contributed by atoms with van der Waals surface area (Å²) in [7, 11) is 1.48. The fourth-order valence-corrected chi connectivity index (χ4v) is 2.25. The maximum atomic E-state index is 8.94. The highest BCUT2D eigenvalue weighted by Crippen LogP contribution is 2.36. The first-order valence-electron chi connectivity index (χ1n) is 6.61. The van der Waals surface area contributed by atoms with Crippen molar-refractivity contribution < 1.29 is 18.4 Å². The van der Waals surface area contributed by atoms with Gasteiger partial charge in [0.25, 0.3) is 0 Å². The third-order valence-electron chi connectivity index (χ3n) is 3.05. The molecule has 0 saturated carbocycles. The molecule has 0 atom stereocenters. The minimum atomic E-state index is 0.131. The molecule has 0 N–H and O–H groups in total. The largest absolute Gasteiger partial charge is 0.493 e. The zero-order valence-corrected chi connectivity index (χ0v) is 12.8. The molecule has 0 unspecified atom stereocenters. The number of ether oxygens (including phenoxy) is 2. The number of rotatable bonds is 5. The van der Waals surface area contributed by atoms with Gasteiger partial charge in [0.2, 0.25) is 5.76 Å². The molecule has 0 aliphatic rings. The van der Waals surface area contributed by atoms with E-state index in [1.807, 2.05) is 6.07 Å². The number of hydrogen-bond donors (Lipinski definition) is 0. The Morgan fingerprint density at radius 2 is 2.17 bits per heavy atom. The summed E-state index contributed by atoms with van der Waals surface area (Å²) < 4.78 is 21.3. The quantitative estimate of drug-likeness (QED) is 0.702. The van der Waals surface area contributed by atoms with Crippen LogP contribution in [0.25, 0.3) is 11.5 Å². The van der Waals surface area contributed by atoms with E-state index in [9.17, 15) is 0 Å². The fraction of sp³-hybridized carbons (Fsp3) is 0.125. The van der Waals surface area contributed by atoms with E-state index in [2.05, 4.69) is 5.16 Å². The smallest absolute Gasteiger partial charge is 0.202 e. The van der Waals surface area contributed by atoms with E-state index in [1.54, 1.807) is 30.5 Å². The highest BCUT2D eigenvalue weighted by molar-refractivity contribution is 6.32. The van der Waals surface area contributed by atoms with Gasteiger partial charge >= 0.3 is 0 Å². The second kappa shape index (κ2) is 6.46. The van der Waals surface area contributed by atoms with E-state index in [0.29, 0.717) is 34.3 Å². The van der Waals surface area contributed by atoms with Crippen molar-refractivity contribution in [3.8, 4) is 29.1 Å². The molecule has 0 fully saturated rings. The van der Waals surface area contributed by atoms with Crippen molar-refractivity contribution in [3.05, 3.63) is 52.9 Å². The van der Waals surface area contributed by atoms with Crippen molar-refractivity contribution >= 4 is 11.6 Å². The van der Waals surface area contributed by atoms with Crippen LogP contribution in [0.4, 0.5) is 0 Å². The molecule has 0 bridgehead atoms. The van der Waals surface area contributed by atoms with Gasteiger partial charge < -0.3 is 18.4 Å². The van der Waals surface area contributed by atoms with Gasteiger partial charge in [-0.1, -0.05) is 16.8 Å². The maximum Gasteiger partial charge on any atom is 0.202 e. The number of nitrogens with zero attached hydrogens (tertiary/aromatic N) is 2. The van der Waals surface area contributed by atoms with Gasteiger partial charge in [0.05, 0.1) is 30.0 Å². The normalized spacial score (nSPS) is 10.3. The molecule has 2 aromatic heterocycles. The highest BCUT2D eigenvalue weighted by Gasteiger charge is 2.14. The molecule has 7 heteroatoms. The predicted octanol–water partition coefficient (Wildman–Crippen LogP) is 4.05. The SMILES string of the molecule is COc1cc(C#N)cc(Cl)c1OCc1cc(-c2ccco2)on1. The molecule has 116 valence electrons. The van der Waals surface area contributed by atoms with Crippen molar-refractivity contribution in [2.45, 2.75) is 6.61 Å². The number of hydrogen-bond acceptors (Lipinski definition) is 6. The lowest BCUT2D eigenvalue weighted by Gasteiger charge is -2.11. The minimum absolute atomic E-state index is 0.131. The van der Waals surface area contributed by atoms with Crippen molar-refractivity contribution in [1.82, 2.24) is 5.16 Å². The zero-order chi connectivity index (χ0) is 16.2. The average molecular weight is 331 g/mol. The van der Waals surface area contributed by atoms with Gasteiger partial charge in [0.15, 0.2) is 17.3 Å². The first-order valence-corrected chi connectivity index (χ1v) is 6.99. The third-order valence-corrected chi connectivity index (χ3v) is 3.33. The Kier molecular flexibility index (Phi) is 4.22. The number of nitriles is 1. The Labute approximate surface area is 136 Å². The van der Waals surface area contributed by atoms with Gasteiger partial charge in [-0.15, -0.1) is 0 Å². The van der Waals surface area contributed by atoms with Crippen molar-refractivity contribution in [2.24, 2.45) is 0 Å². The molecule has 3 rings (SSSR count). The lowest BCUT2D eigenvalue weighted by Crippen LogP contribution is -1.99. The van der Waals surface area contributed by atoms with Gasteiger partial charge in [0, 0.05) is 12.1 Å². The number of aromatic nitrogens is 1. The molecule has 0 aliphatic carbocycles. The Morgan fingerprint density at radius 1 is 1.30 bits per heavy atom. The van der Waals surface area contributed by atoms with Crippen LogP contribution in [0.5, 0.6) is 11.5 Å². The number of halogens is 1. The standard InChI is InChI=1S/C16H11ClN2O4/c1-20-15-6-10(8-18)5-12(17)16(15)22-9-11-7-14(23-19-11)13-3-2-4-21-13/h2-7H,9H2,1H3. The minimum Gasteiger partial charge on any atom is -0.493 e. The fourth-order valence-electron chi connectivity index (χ4n) is 1.99. The highest BCUT2D eigenvalue weighted by atomic mass is 35.5. The molecule has 3 aromatic rings. The predicted molar refractivity (Wildman–Crippen MR) is 81.3 cm³/mol. The van der Waals surface area contributed by atoms with E-state index in [0.717, 1.165) is 0 Å². The van der Waals surface area contributed by atoms with E-state index in [1.165, 1.54) is 13.2 Å². The van der Waals surface area contributed by atoms with Crippen LogP contribution in [0, 0.1) is 11.3 Å². The van der Waals surface area contributed by atoms with Crippen LogP contribution in [0.3, 0.4) is 0 Å². The summed E-state index contributed by atoms with van der Waals surface area (Å²) >= 11 is 6.13. The summed E-state index contributed by atoms with van der Waals surface area (Å²) in [6.07, 6.45) is 1.55.